The molecule has 6 heteroatoms. The molecule has 0 heterocycles. The Morgan fingerprint density at radius 1 is 1.17 bits per heavy atom. The molecule has 0 unspecified atom stereocenters. The minimum Gasteiger partial charge on any atom is -0.494 e. The van der Waals surface area contributed by atoms with Crippen LogP contribution in [0.2, 0.25) is 0 Å². The first kappa shape index (κ1) is 16.5. The van der Waals surface area contributed by atoms with Crippen molar-refractivity contribution < 1.29 is 9.66 Å². The van der Waals surface area contributed by atoms with Crippen LogP contribution in [-0.2, 0) is 0 Å². The molecule has 0 aromatic heterocycles. The van der Waals surface area contributed by atoms with Crippen LogP contribution in [-0.4, -0.2) is 17.7 Å². The Bertz CT molecular complexity index is 652. The number of anilines is 1. The minimum absolute atomic E-state index is 0.0539. The number of unbranched alkanes of at least 4 members (excludes halogenated alkanes) is 1. The van der Waals surface area contributed by atoms with E-state index in [-0.39, 0.29) is 5.69 Å². The summed E-state index contributed by atoms with van der Waals surface area (Å²) in [6, 6.07) is 13.7. The van der Waals surface area contributed by atoms with E-state index < -0.39 is 4.92 Å². The van der Waals surface area contributed by atoms with Gasteiger partial charge >= 0.3 is 0 Å². The van der Waals surface area contributed by atoms with Crippen LogP contribution in [0.25, 0.3) is 0 Å². The third-order valence-electron chi connectivity index (χ3n) is 3.13. The lowest BCUT2D eigenvalue weighted by molar-refractivity contribution is -0.384. The van der Waals surface area contributed by atoms with E-state index >= 15 is 0 Å². The standard InChI is InChI=1S/C17H19N3O3/c1-2-3-12-23-17-10-4-14(5-11-17)13-18-19-15-6-8-16(9-7-15)20(21)22/h4-11,13,19H,2-3,12H2,1H3/b18-13+. The van der Waals surface area contributed by atoms with E-state index in [0.29, 0.717) is 5.69 Å². The summed E-state index contributed by atoms with van der Waals surface area (Å²) in [4.78, 5) is 10.1. The molecule has 0 aliphatic rings. The number of nitro benzene ring substituents is 1. The topological polar surface area (TPSA) is 76.8 Å². The van der Waals surface area contributed by atoms with E-state index in [1.165, 1.54) is 12.1 Å². The van der Waals surface area contributed by atoms with Crippen LogP contribution in [0.5, 0.6) is 5.75 Å². The van der Waals surface area contributed by atoms with Gasteiger partial charge in [0.05, 0.1) is 23.4 Å². The Morgan fingerprint density at radius 3 is 2.48 bits per heavy atom. The van der Waals surface area contributed by atoms with Crippen molar-refractivity contribution in [1.82, 2.24) is 0 Å². The fourth-order valence-corrected chi connectivity index (χ4v) is 1.82. The van der Waals surface area contributed by atoms with Gasteiger partial charge in [-0.05, 0) is 48.4 Å². The second-order valence-electron chi connectivity index (χ2n) is 4.95. The number of nitro groups is 1. The van der Waals surface area contributed by atoms with Gasteiger partial charge in [-0.1, -0.05) is 13.3 Å². The maximum absolute atomic E-state index is 10.6. The molecule has 0 atom stereocenters. The van der Waals surface area contributed by atoms with Crippen molar-refractivity contribution in [2.75, 3.05) is 12.0 Å². The summed E-state index contributed by atoms with van der Waals surface area (Å²) < 4.78 is 5.59. The zero-order valence-corrected chi connectivity index (χ0v) is 12.9. The number of nitrogens with one attached hydrogen (secondary N) is 1. The Kier molecular flexibility index (Phi) is 6.11. The van der Waals surface area contributed by atoms with Crippen LogP contribution in [0.4, 0.5) is 11.4 Å². The number of benzene rings is 2. The monoisotopic (exact) mass is 313 g/mol. The number of hydrogen-bond acceptors (Lipinski definition) is 5. The highest BCUT2D eigenvalue weighted by atomic mass is 16.6. The van der Waals surface area contributed by atoms with Gasteiger partial charge in [0.25, 0.3) is 5.69 Å². The summed E-state index contributed by atoms with van der Waals surface area (Å²) in [5, 5.41) is 14.7. The average molecular weight is 313 g/mol. The number of ether oxygens (including phenoxy) is 1. The van der Waals surface area contributed by atoms with Crippen LogP contribution in [0.1, 0.15) is 25.3 Å². The normalized spacial score (nSPS) is 10.7. The summed E-state index contributed by atoms with van der Waals surface area (Å²) in [5.41, 5.74) is 4.50. The maximum Gasteiger partial charge on any atom is 0.269 e. The second-order valence-corrected chi connectivity index (χ2v) is 4.95. The van der Waals surface area contributed by atoms with Gasteiger partial charge in [0.2, 0.25) is 0 Å². The number of rotatable bonds is 8. The van der Waals surface area contributed by atoms with Crippen molar-refractivity contribution in [2.45, 2.75) is 19.8 Å². The zero-order valence-electron chi connectivity index (χ0n) is 12.9. The van der Waals surface area contributed by atoms with Crippen molar-refractivity contribution >= 4 is 17.6 Å². The Hall–Kier alpha value is -2.89. The highest BCUT2D eigenvalue weighted by molar-refractivity contribution is 5.80. The fraction of sp³-hybridized carbons (Fsp3) is 0.235. The lowest BCUT2D eigenvalue weighted by Gasteiger charge is -2.05. The lowest BCUT2D eigenvalue weighted by atomic mass is 10.2. The number of hydrogen-bond donors (Lipinski definition) is 1. The van der Waals surface area contributed by atoms with Gasteiger partial charge in [-0.3, -0.25) is 15.5 Å². The first-order chi connectivity index (χ1) is 11.2. The molecule has 0 aliphatic heterocycles. The molecule has 6 nitrogen and oxygen atoms in total. The van der Waals surface area contributed by atoms with Gasteiger partial charge in [0, 0.05) is 12.1 Å². The SMILES string of the molecule is CCCCOc1ccc(/C=N/Nc2ccc([N+](=O)[O-])cc2)cc1. The van der Waals surface area contributed by atoms with Crippen molar-refractivity contribution in [3.8, 4) is 5.75 Å². The van der Waals surface area contributed by atoms with Gasteiger partial charge < -0.3 is 4.74 Å². The first-order valence-corrected chi connectivity index (χ1v) is 7.45. The third kappa shape index (κ3) is 5.43. The molecule has 2 aromatic rings. The Morgan fingerprint density at radius 2 is 1.87 bits per heavy atom. The summed E-state index contributed by atoms with van der Waals surface area (Å²) in [6.45, 7) is 2.85. The third-order valence-corrected chi connectivity index (χ3v) is 3.13. The summed E-state index contributed by atoms with van der Waals surface area (Å²) in [6.07, 6.45) is 3.83. The first-order valence-electron chi connectivity index (χ1n) is 7.45. The van der Waals surface area contributed by atoms with Crippen molar-refractivity contribution in [1.29, 1.82) is 0 Å². The minimum atomic E-state index is -0.433. The van der Waals surface area contributed by atoms with Gasteiger partial charge in [-0.2, -0.15) is 5.10 Å². The van der Waals surface area contributed by atoms with E-state index in [0.717, 1.165) is 30.8 Å². The quantitative estimate of drug-likeness (QED) is 0.342. The fourth-order valence-electron chi connectivity index (χ4n) is 1.82. The van der Waals surface area contributed by atoms with Gasteiger partial charge in [0.1, 0.15) is 5.75 Å². The van der Waals surface area contributed by atoms with Crippen molar-refractivity contribution in [3.05, 3.63) is 64.2 Å². The van der Waals surface area contributed by atoms with Crippen LogP contribution in [0, 0.1) is 10.1 Å². The van der Waals surface area contributed by atoms with E-state index in [2.05, 4.69) is 17.5 Å². The molecule has 0 fully saturated rings. The summed E-state index contributed by atoms with van der Waals surface area (Å²) in [7, 11) is 0. The predicted octanol–water partition coefficient (Wildman–Crippen LogP) is 4.22. The molecule has 0 spiro atoms. The molecule has 0 radical (unpaired) electrons. The van der Waals surface area contributed by atoms with Crippen molar-refractivity contribution in [2.24, 2.45) is 5.10 Å². The number of non-ortho nitro benzene ring substituents is 1. The van der Waals surface area contributed by atoms with Crippen LogP contribution >= 0.6 is 0 Å². The van der Waals surface area contributed by atoms with E-state index in [4.69, 9.17) is 4.74 Å². The predicted molar refractivity (Wildman–Crippen MR) is 91.2 cm³/mol. The molecule has 2 aromatic carbocycles. The highest BCUT2D eigenvalue weighted by Crippen LogP contribution is 2.15. The lowest BCUT2D eigenvalue weighted by Crippen LogP contribution is -1.96. The summed E-state index contributed by atoms with van der Waals surface area (Å²) in [5.74, 6) is 0.846. The zero-order chi connectivity index (χ0) is 16.5. The summed E-state index contributed by atoms with van der Waals surface area (Å²) >= 11 is 0. The molecule has 23 heavy (non-hydrogen) atoms. The molecule has 0 aliphatic carbocycles. The van der Waals surface area contributed by atoms with Crippen LogP contribution in [0.3, 0.4) is 0 Å². The smallest absolute Gasteiger partial charge is 0.269 e. The number of hydrazone groups is 1. The number of nitrogens with zero attached hydrogens (tertiary/aromatic N) is 2. The van der Waals surface area contributed by atoms with E-state index in [9.17, 15) is 10.1 Å². The molecule has 0 amide bonds. The Labute approximate surface area is 134 Å². The molecular weight excluding hydrogens is 294 g/mol. The van der Waals surface area contributed by atoms with Crippen LogP contribution in [0.15, 0.2) is 53.6 Å². The van der Waals surface area contributed by atoms with E-state index in [1.807, 2.05) is 24.3 Å². The van der Waals surface area contributed by atoms with E-state index in [1.54, 1.807) is 18.3 Å². The molecular formula is C17H19N3O3. The second kappa shape index (κ2) is 8.53. The average Bonchev–Trinajstić information content (AvgIpc) is 2.57. The highest BCUT2D eigenvalue weighted by Gasteiger charge is 2.02. The van der Waals surface area contributed by atoms with Gasteiger partial charge in [-0.25, -0.2) is 0 Å². The molecule has 120 valence electrons. The molecule has 0 saturated carbocycles. The maximum atomic E-state index is 10.6. The molecule has 2 rings (SSSR count). The molecule has 0 bridgehead atoms. The van der Waals surface area contributed by atoms with Gasteiger partial charge in [0.15, 0.2) is 0 Å². The largest absolute Gasteiger partial charge is 0.494 e. The molecule has 0 saturated heterocycles. The molecule has 1 N–H and O–H groups in total. The van der Waals surface area contributed by atoms with Crippen LogP contribution < -0.4 is 10.2 Å². The Balaban J connectivity index is 1.86. The van der Waals surface area contributed by atoms with Gasteiger partial charge in [-0.15, -0.1) is 0 Å². The van der Waals surface area contributed by atoms with Crippen molar-refractivity contribution in [3.63, 3.8) is 0 Å².